The summed E-state index contributed by atoms with van der Waals surface area (Å²) in [6, 6.07) is 18.9. The largest absolute Gasteiger partial charge is 0.383 e. The topological polar surface area (TPSA) is 102 Å². The van der Waals surface area contributed by atoms with E-state index in [4.69, 9.17) is 15.6 Å². The Morgan fingerprint density at radius 3 is 2.69 bits per heavy atom. The molecule has 0 spiro atoms. The van der Waals surface area contributed by atoms with Gasteiger partial charge in [0.1, 0.15) is 17.8 Å². The van der Waals surface area contributed by atoms with Crippen LogP contribution in [0.3, 0.4) is 0 Å². The number of anilines is 1. The second kappa shape index (κ2) is 11.0. The Morgan fingerprint density at radius 2 is 1.90 bits per heavy atom. The Kier molecular flexibility index (Phi) is 7.08. The van der Waals surface area contributed by atoms with Crippen molar-refractivity contribution in [3.8, 4) is 11.3 Å². The van der Waals surface area contributed by atoms with E-state index in [9.17, 15) is 4.79 Å². The minimum Gasteiger partial charge on any atom is -0.383 e. The molecule has 6 rings (SSSR count). The summed E-state index contributed by atoms with van der Waals surface area (Å²) in [5, 5.41) is 5.74. The lowest BCUT2D eigenvalue weighted by atomic mass is 10.0. The molecule has 2 aliphatic rings. The highest BCUT2D eigenvalue weighted by atomic mass is 16.5. The molecule has 9 nitrogen and oxygen atoms in total. The quantitative estimate of drug-likeness (QED) is 0.381. The standard InChI is InChI=1S/C30H33N7O2/c1-2-26(38)36-14-6-9-24(18-36)37-30-27(29(31)32-20-33-30)28(34-37)23-12-10-21(11-13-23)17-35-15-16-39-25(19-35)22-7-4-3-5-8-22/h2-5,7-8,10-13,20,24-25H,1,6,9,14-19H2,(H2,31,32,33). The van der Waals surface area contributed by atoms with Crippen molar-refractivity contribution in [2.24, 2.45) is 0 Å². The van der Waals surface area contributed by atoms with Gasteiger partial charge in [-0.2, -0.15) is 5.10 Å². The number of morpholine rings is 1. The number of rotatable bonds is 6. The molecule has 200 valence electrons. The predicted molar refractivity (Wildman–Crippen MR) is 151 cm³/mol. The highest BCUT2D eigenvalue weighted by molar-refractivity contribution is 5.98. The van der Waals surface area contributed by atoms with Gasteiger partial charge in [0.15, 0.2) is 5.65 Å². The second-order valence-corrected chi connectivity index (χ2v) is 10.2. The van der Waals surface area contributed by atoms with Crippen molar-refractivity contribution in [3.63, 3.8) is 0 Å². The summed E-state index contributed by atoms with van der Waals surface area (Å²) in [4.78, 5) is 25.3. The number of benzene rings is 2. The third-order valence-electron chi connectivity index (χ3n) is 7.70. The van der Waals surface area contributed by atoms with Gasteiger partial charge in [-0.1, -0.05) is 61.2 Å². The van der Waals surface area contributed by atoms with E-state index in [1.54, 1.807) is 0 Å². The lowest BCUT2D eigenvalue weighted by Gasteiger charge is -2.33. The molecule has 4 heterocycles. The molecule has 9 heteroatoms. The Balaban J connectivity index is 1.23. The van der Waals surface area contributed by atoms with E-state index in [2.05, 4.69) is 70.0 Å². The molecule has 2 fully saturated rings. The maximum absolute atomic E-state index is 12.3. The molecule has 0 bridgehead atoms. The van der Waals surface area contributed by atoms with Gasteiger partial charge >= 0.3 is 0 Å². The van der Waals surface area contributed by atoms with Crippen LogP contribution in [0.15, 0.2) is 73.6 Å². The number of likely N-dealkylation sites (tertiary alicyclic amines) is 1. The summed E-state index contributed by atoms with van der Waals surface area (Å²) >= 11 is 0. The molecule has 2 aliphatic heterocycles. The van der Waals surface area contributed by atoms with Gasteiger partial charge in [0.05, 0.1) is 24.1 Å². The van der Waals surface area contributed by atoms with Crippen LogP contribution < -0.4 is 5.73 Å². The van der Waals surface area contributed by atoms with Crippen LogP contribution in [0.25, 0.3) is 22.3 Å². The first-order valence-corrected chi connectivity index (χ1v) is 13.5. The molecule has 1 amide bonds. The Morgan fingerprint density at radius 1 is 1.08 bits per heavy atom. The predicted octanol–water partition coefficient (Wildman–Crippen LogP) is 4.00. The number of fused-ring (bicyclic) bond motifs is 1. The zero-order chi connectivity index (χ0) is 26.8. The maximum Gasteiger partial charge on any atom is 0.246 e. The van der Waals surface area contributed by atoms with Crippen molar-refractivity contribution in [1.82, 2.24) is 29.5 Å². The van der Waals surface area contributed by atoms with Crippen LogP contribution in [-0.4, -0.2) is 68.2 Å². The van der Waals surface area contributed by atoms with E-state index in [0.29, 0.717) is 18.0 Å². The number of hydrogen-bond donors (Lipinski definition) is 1. The van der Waals surface area contributed by atoms with Crippen LogP contribution in [0, 0.1) is 0 Å². The molecule has 2 N–H and O–H groups in total. The molecule has 2 aromatic heterocycles. The summed E-state index contributed by atoms with van der Waals surface area (Å²) in [5.41, 5.74) is 11.2. The minimum absolute atomic E-state index is 0.00588. The van der Waals surface area contributed by atoms with Gasteiger partial charge in [-0.3, -0.25) is 9.69 Å². The summed E-state index contributed by atoms with van der Waals surface area (Å²) in [6.45, 7) is 8.26. The van der Waals surface area contributed by atoms with Crippen molar-refractivity contribution in [1.29, 1.82) is 0 Å². The number of nitrogens with two attached hydrogens (primary N) is 1. The van der Waals surface area contributed by atoms with E-state index < -0.39 is 0 Å². The van der Waals surface area contributed by atoms with Gasteiger partial charge in [0.2, 0.25) is 5.91 Å². The summed E-state index contributed by atoms with van der Waals surface area (Å²) in [7, 11) is 0. The van der Waals surface area contributed by atoms with Crippen molar-refractivity contribution in [2.75, 3.05) is 38.5 Å². The van der Waals surface area contributed by atoms with Crippen LogP contribution in [-0.2, 0) is 16.1 Å². The third-order valence-corrected chi connectivity index (χ3v) is 7.70. The van der Waals surface area contributed by atoms with Crippen molar-refractivity contribution < 1.29 is 9.53 Å². The SMILES string of the molecule is C=CC(=O)N1CCCC(n2nc(-c3ccc(CN4CCOC(c5ccccc5)C4)cc3)c3c(N)ncnc32)C1. The number of nitrogen functional groups attached to an aromatic ring is 1. The Hall–Kier alpha value is -4.08. The number of carbonyl (C=O) groups is 1. The van der Waals surface area contributed by atoms with Crippen LogP contribution in [0.2, 0.25) is 0 Å². The molecule has 0 aliphatic carbocycles. The molecular weight excluding hydrogens is 490 g/mol. The first-order chi connectivity index (χ1) is 19.1. The van der Waals surface area contributed by atoms with E-state index in [1.165, 1.54) is 23.5 Å². The molecule has 2 unspecified atom stereocenters. The van der Waals surface area contributed by atoms with Crippen LogP contribution in [0.5, 0.6) is 0 Å². The van der Waals surface area contributed by atoms with Crippen molar-refractivity contribution >= 4 is 22.8 Å². The number of carbonyl (C=O) groups excluding carboxylic acids is 1. The monoisotopic (exact) mass is 523 g/mol. The average molecular weight is 524 g/mol. The Bertz CT molecular complexity index is 1470. The lowest BCUT2D eigenvalue weighted by molar-refractivity contribution is -0.127. The molecule has 0 radical (unpaired) electrons. The fourth-order valence-electron chi connectivity index (χ4n) is 5.68. The molecule has 4 aromatic rings. The van der Waals surface area contributed by atoms with E-state index in [-0.39, 0.29) is 18.1 Å². The fraction of sp³-hybridized carbons (Fsp3) is 0.333. The number of ether oxygens (including phenoxy) is 1. The van der Waals surface area contributed by atoms with Crippen LogP contribution in [0.1, 0.15) is 36.1 Å². The molecule has 2 atom stereocenters. The number of aromatic nitrogens is 4. The smallest absolute Gasteiger partial charge is 0.246 e. The number of hydrogen-bond acceptors (Lipinski definition) is 7. The fourth-order valence-corrected chi connectivity index (χ4v) is 5.68. The summed E-state index contributed by atoms with van der Waals surface area (Å²) < 4.78 is 7.96. The zero-order valence-corrected chi connectivity index (χ0v) is 21.9. The van der Waals surface area contributed by atoms with Gasteiger partial charge < -0.3 is 15.4 Å². The van der Waals surface area contributed by atoms with E-state index >= 15 is 0 Å². The van der Waals surface area contributed by atoms with Crippen molar-refractivity contribution in [3.05, 3.63) is 84.7 Å². The normalized spacial score (nSPS) is 20.3. The number of amides is 1. The minimum atomic E-state index is -0.0588. The second-order valence-electron chi connectivity index (χ2n) is 10.2. The molecule has 0 saturated carbocycles. The van der Waals surface area contributed by atoms with Crippen LogP contribution >= 0.6 is 0 Å². The summed E-state index contributed by atoms with van der Waals surface area (Å²) in [6.07, 6.45) is 4.74. The molecule has 2 saturated heterocycles. The Labute approximate surface area is 227 Å². The first-order valence-electron chi connectivity index (χ1n) is 13.5. The van der Waals surface area contributed by atoms with Gasteiger partial charge in [-0.25, -0.2) is 14.6 Å². The number of piperidine rings is 1. The van der Waals surface area contributed by atoms with E-state index in [1.807, 2.05) is 15.6 Å². The van der Waals surface area contributed by atoms with Gasteiger partial charge in [-0.05, 0) is 30.0 Å². The van der Waals surface area contributed by atoms with Gasteiger partial charge in [-0.15, -0.1) is 0 Å². The molecule has 39 heavy (non-hydrogen) atoms. The van der Waals surface area contributed by atoms with Crippen molar-refractivity contribution in [2.45, 2.75) is 31.5 Å². The van der Waals surface area contributed by atoms with Gasteiger partial charge in [0.25, 0.3) is 0 Å². The highest BCUT2D eigenvalue weighted by Crippen LogP contribution is 2.34. The van der Waals surface area contributed by atoms with E-state index in [0.717, 1.165) is 62.3 Å². The van der Waals surface area contributed by atoms with Crippen LogP contribution in [0.4, 0.5) is 5.82 Å². The zero-order valence-electron chi connectivity index (χ0n) is 21.9. The highest BCUT2D eigenvalue weighted by Gasteiger charge is 2.28. The molecular formula is C30H33N7O2. The molecule has 2 aromatic carbocycles. The van der Waals surface area contributed by atoms with Gasteiger partial charge in [0, 0.05) is 38.3 Å². The lowest BCUT2D eigenvalue weighted by Crippen LogP contribution is -2.40. The maximum atomic E-state index is 12.3. The summed E-state index contributed by atoms with van der Waals surface area (Å²) in [5.74, 6) is 0.344. The average Bonchev–Trinajstić information content (AvgIpc) is 3.39. The first kappa shape index (κ1) is 25.2. The third kappa shape index (κ3) is 5.15. The number of nitrogens with zero attached hydrogens (tertiary/aromatic N) is 6.